The lowest BCUT2D eigenvalue weighted by Gasteiger charge is -2.32. The van der Waals surface area contributed by atoms with Gasteiger partial charge in [0.15, 0.2) is 5.13 Å². The van der Waals surface area contributed by atoms with Gasteiger partial charge in [0, 0.05) is 24.7 Å². The number of sulfonamides is 1. The first kappa shape index (κ1) is 23.2. The smallest absolute Gasteiger partial charge is 0.266 e. The van der Waals surface area contributed by atoms with Gasteiger partial charge in [-0.3, -0.25) is 4.72 Å². The van der Waals surface area contributed by atoms with Crippen molar-refractivity contribution in [2.24, 2.45) is 11.7 Å². The fourth-order valence-corrected chi connectivity index (χ4v) is 5.71. The van der Waals surface area contributed by atoms with Gasteiger partial charge in [-0.05, 0) is 63.4 Å². The fourth-order valence-electron chi connectivity index (χ4n) is 3.54. The van der Waals surface area contributed by atoms with Crippen molar-refractivity contribution in [3.63, 3.8) is 0 Å². The van der Waals surface area contributed by atoms with E-state index in [1.54, 1.807) is 5.38 Å². The molecule has 2 heterocycles. The quantitative estimate of drug-likeness (QED) is 0.454. The molecular weight excluding hydrogens is 449 g/mol. The average Bonchev–Trinajstić information content (AvgIpc) is 3.22. The summed E-state index contributed by atoms with van der Waals surface area (Å²) < 4.78 is 41.5. The number of hydrogen-bond donors (Lipinski definition) is 3. The predicted molar refractivity (Wildman–Crippen MR) is 120 cm³/mol. The first-order valence-corrected chi connectivity index (χ1v) is 12.7. The molecule has 4 N–H and O–H groups in total. The van der Waals surface area contributed by atoms with E-state index in [2.05, 4.69) is 19.9 Å². The zero-order valence-electron chi connectivity index (χ0n) is 16.6. The van der Waals surface area contributed by atoms with Crippen LogP contribution in [0.2, 0.25) is 5.02 Å². The number of benzene rings is 1. The summed E-state index contributed by atoms with van der Waals surface area (Å²) >= 11 is 7.31. The molecule has 1 aromatic heterocycles. The highest BCUT2D eigenvalue weighted by molar-refractivity contribution is 7.93. The Morgan fingerprint density at radius 2 is 2.20 bits per heavy atom. The molecule has 0 aliphatic carbocycles. The van der Waals surface area contributed by atoms with Crippen LogP contribution >= 0.6 is 22.9 Å². The highest BCUT2D eigenvalue weighted by atomic mass is 35.5. The largest absolute Gasteiger partial charge is 0.384 e. The molecule has 7 nitrogen and oxygen atoms in total. The van der Waals surface area contributed by atoms with Crippen LogP contribution in [0.3, 0.4) is 0 Å². The third-order valence-electron chi connectivity index (χ3n) is 5.12. The molecule has 0 radical (unpaired) electrons. The second kappa shape index (κ2) is 10.7. The number of thiazole rings is 1. The van der Waals surface area contributed by atoms with Gasteiger partial charge in [-0.25, -0.2) is 17.8 Å². The van der Waals surface area contributed by atoms with E-state index in [9.17, 15) is 12.8 Å². The summed E-state index contributed by atoms with van der Waals surface area (Å²) in [6.45, 7) is 4.56. The maximum absolute atomic E-state index is 14.5. The number of hydrogen-bond acceptors (Lipinski definition) is 7. The van der Waals surface area contributed by atoms with Crippen molar-refractivity contribution in [3.05, 3.63) is 34.5 Å². The maximum atomic E-state index is 14.5. The molecule has 0 saturated carbocycles. The second-order valence-corrected chi connectivity index (χ2v) is 10.3. The third kappa shape index (κ3) is 6.27. The van der Waals surface area contributed by atoms with Gasteiger partial charge >= 0.3 is 0 Å². The maximum Gasteiger partial charge on any atom is 0.266 e. The average molecular weight is 476 g/mol. The molecule has 1 fully saturated rings. The van der Waals surface area contributed by atoms with Crippen molar-refractivity contribution in [3.8, 4) is 0 Å². The lowest BCUT2D eigenvalue weighted by molar-refractivity contribution is 0.176. The third-order valence-corrected chi connectivity index (χ3v) is 7.60. The second-order valence-electron chi connectivity index (χ2n) is 7.38. The summed E-state index contributed by atoms with van der Waals surface area (Å²) in [7, 11) is -4.11. The lowest BCUT2D eigenvalue weighted by Crippen LogP contribution is -2.38. The van der Waals surface area contributed by atoms with E-state index in [4.69, 9.17) is 17.3 Å². The van der Waals surface area contributed by atoms with Crippen LogP contribution in [0.4, 0.5) is 15.2 Å². The van der Waals surface area contributed by atoms with Gasteiger partial charge in [0.05, 0.1) is 10.7 Å². The summed E-state index contributed by atoms with van der Waals surface area (Å²) in [5.41, 5.74) is 6.16. The molecular formula is C19H27ClFN5O2S2. The molecule has 1 aliphatic rings. The van der Waals surface area contributed by atoms with Gasteiger partial charge in [0.2, 0.25) is 0 Å². The van der Waals surface area contributed by atoms with Gasteiger partial charge in [0.25, 0.3) is 10.0 Å². The van der Waals surface area contributed by atoms with Crippen LogP contribution in [0.5, 0.6) is 0 Å². The Kier molecular flexibility index (Phi) is 8.29. The zero-order valence-corrected chi connectivity index (χ0v) is 19.0. The Morgan fingerprint density at radius 3 is 2.93 bits per heavy atom. The van der Waals surface area contributed by atoms with E-state index in [0.29, 0.717) is 18.2 Å². The molecule has 0 amide bonds. The highest BCUT2D eigenvalue weighted by Crippen LogP contribution is 2.29. The number of piperidine rings is 1. The molecule has 166 valence electrons. The van der Waals surface area contributed by atoms with Gasteiger partial charge in [-0.15, -0.1) is 11.3 Å². The number of likely N-dealkylation sites (tertiary alicyclic amines) is 1. The molecule has 11 heteroatoms. The predicted octanol–water partition coefficient (Wildman–Crippen LogP) is 3.60. The summed E-state index contributed by atoms with van der Waals surface area (Å²) in [6, 6.07) is 2.24. The number of rotatable bonds is 10. The number of aromatic nitrogens is 1. The topological polar surface area (TPSA) is 100 Å². The number of halogens is 2. The molecule has 1 unspecified atom stereocenters. The minimum atomic E-state index is -4.11. The normalized spacial score (nSPS) is 17.8. The van der Waals surface area contributed by atoms with E-state index in [0.717, 1.165) is 62.5 Å². The number of nitrogens with one attached hydrogen (secondary N) is 2. The van der Waals surface area contributed by atoms with E-state index < -0.39 is 20.7 Å². The van der Waals surface area contributed by atoms with Crippen LogP contribution in [0, 0.1) is 11.7 Å². The number of nitrogens with two attached hydrogens (primary N) is 1. The fraction of sp³-hybridized carbons (Fsp3) is 0.526. The summed E-state index contributed by atoms with van der Waals surface area (Å²) in [6.07, 6.45) is 5.77. The molecule has 30 heavy (non-hydrogen) atoms. The molecule has 1 saturated heterocycles. The first-order valence-electron chi connectivity index (χ1n) is 9.96. The number of anilines is 2. The van der Waals surface area contributed by atoms with E-state index in [1.165, 1.54) is 19.0 Å². The van der Waals surface area contributed by atoms with E-state index in [1.807, 2.05) is 0 Å². The molecule has 2 aromatic rings. The van der Waals surface area contributed by atoms with Crippen molar-refractivity contribution in [1.29, 1.82) is 0 Å². The highest BCUT2D eigenvalue weighted by Gasteiger charge is 2.22. The van der Waals surface area contributed by atoms with Crippen molar-refractivity contribution < 1.29 is 12.8 Å². The monoisotopic (exact) mass is 475 g/mol. The van der Waals surface area contributed by atoms with Crippen LogP contribution in [-0.4, -0.2) is 51.0 Å². The van der Waals surface area contributed by atoms with Crippen LogP contribution in [0.1, 0.15) is 25.7 Å². The van der Waals surface area contributed by atoms with Gasteiger partial charge in [0.1, 0.15) is 10.7 Å². The summed E-state index contributed by atoms with van der Waals surface area (Å²) in [5, 5.41) is 5.04. The summed E-state index contributed by atoms with van der Waals surface area (Å²) in [4.78, 5) is 5.79. The molecule has 1 aromatic carbocycles. The van der Waals surface area contributed by atoms with Crippen LogP contribution in [-0.2, 0) is 10.0 Å². The minimum absolute atomic E-state index is 0.151. The van der Waals surface area contributed by atoms with Crippen molar-refractivity contribution in [2.75, 3.05) is 42.8 Å². The SMILES string of the molecule is NCC1CCCN(CCCCNc2cc(F)c(S(=O)(=O)Nc3nccs3)cc2Cl)C1. The van der Waals surface area contributed by atoms with Gasteiger partial charge in [-0.2, -0.15) is 0 Å². The summed E-state index contributed by atoms with van der Waals surface area (Å²) in [5.74, 6) is -0.273. The Hall–Kier alpha value is -1.46. The Morgan fingerprint density at radius 1 is 1.37 bits per heavy atom. The molecule has 1 atom stereocenters. The lowest BCUT2D eigenvalue weighted by atomic mass is 9.98. The van der Waals surface area contributed by atoms with E-state index >= 15 is 0 Å². The van der Waals surface area contributed by atoms with E-state index in [-0.39, 0.29) is 10.2 Å². The Labute approximate surface area is 185 Å². The Bertz CT molecular complexity index is 927. The van der Waals surface area contributed by atoms with Crippen molar-refractivity contribution >= 4 is 43.8 Å². The van der Waals surface area contributed by atoms with Crippen LogP contribution in [0.15, 0.2) is 28.6 Å². The van der Waals surface area contributed by atoms with Gasteiger partial charge in [-0.1, -0.05) is 11.6 Å². The number of nitrogens with zero attached hydrogens (tertiary/aromatic N) is 2. The molecule has 0 bridgehead atoms. The van der Waals surface area contributed by atoms with Crippen LogP contribution < -0.4 is 15.8 Å². The molecule has 3 rings (SSSR count). The van der Waals surface area contributed by atoms with Crippen LogP contribution in [0.25, 0.3) is 0 Å². The molecule has 1 aliphatic heterocycles. The standard InChI is InChI=1S/C19H27ClFN5O2S2/c20-15-10-18(30(27,28)25-19-24-6-9-29-19)16(21)11-17(15)23-5-1-2-7-26-8-3-4-14(12-22)13-26/h6,9-11,14,23H,1-5,7-8,12-13,22H2,(H,24,25). The Balaban J connectivity index is 1.50. The van der Waals surface area contributed by atoms with Gasteiger partial charge < -0.3 is 16.0 Å². The molecule has 0 spiro atoms. The number of unbranched alkanes of at least 4 members (excludes halogenated alkanes) is 1. The minimum Gasteiger partial charge on any atom is -0.384 e. The zero-order chi connectivity index (χ0) is 21.6. The van der Waals surface area contributed by atoms with Crippen molar-refractivity contribution in [2.45, 2.75) is 30.6 Å². The first-order chi connectivity index (χ1) is 14.4. The van der Waals surface area contributed by atoms with Crippen molar-refractivity contribution in [1.82, 2.24) is 9.88 Å².